The van der Waals surface area contributed by atoms with Crippen LogP contribution in [-0.4, -0.2) is 45.1 Å². The van der Waals surface area contributed by atoms with Crippen LogP contribution in [-0.2, 0) is 17.9 Å². The van der Waals surface area contributed by atoms with Crippen molar-refractivity contribution < 1.29 is 4.79 Å². The van der Waals surface area contributed by atoms with Crippen molar-refractivity contribution in [1.29, 1.82) is 0 Å². The molecule has 3 heterocycles. The van der Waals surface area contributed by atoms with E-state index in [-0.39, 0.29) is 24.2 Å². The van der Waals surface area contributed by atoms with Crippen molar-refractivity contribution in [1.82, 2.24) is 19.4 Å². The number of imidazole rings is 1. The van der Waals surface area contributed by atoms with Gasteiger partial charge in [-0.15, -0.1) is 0 Å². The molecule has 2 atom stereocenters. The summed E-state index contributed by atoms with van der Waals surface area (Å²) < 4.78 is 3.32. The van der Waals surface area contributed by atoms with Gasteiger partial charge < -0.3 is 5.32 Å². The molecule has 1 aromatic heterocycles. The fraction of sp³-hybridized carbons (Fsp3) is 0.579. The lowest BCUT2D eigenvalue weighted by Gasteiger charge is -2.32. The third-order valence-electron chi connectivity index (χ3n) is 5.75. The van der Waals surface area contributed by atoms with Crippen molar-refractivity contribution in [2.45, 2.75) is 57.8 Å². The first kappa shape index (κ1) is 16.4. The third kappa shape index (κ3) is 2.88. The summed E-state index contributed by atoms with van der Waals surface area (Å²) in [5.74, 6) is -0.0569. The number of amides is 1. The second kappa shape index (κ2) is 6.67. The lowest BCUT2D eigenvalue weighted by atomic mass is 9.99. The van der Waals surface area contributed by atoms with Crippen molar-refractivity contribution in [3.05, 3.63) is 34.7 Å². The van der Waals surface area contributed by atoms with Gasteiger partial charge in [-0.2, -0.15) is 0 Å². The molecule has 0 unspecified atom stereocenters. The Morgan fingerprint density at radius 1 is 1.12 bits per heavy atom. The molecule has 2 saturated heterocycles. The molecule has 1 N–H and O–H groups in total. The summed E-state index contributed by atoms with van der Waals surface area (Å²) in [6, 6.07) is 8.39. The molecule has 0 radical (unpaired) electrons. The SMILES string of the molecule is CCn1c(=O)n(CC(=O)N[C@H]2CCN3CCCC[C@@H]23)c2ccccc21. The van der Waals surface area contributed by atoms with Crippen LogP contribution in [0.15, 0.2) is 29.1 Å². The molecule has 2 aromatic rings. The van der Waals surface area contributed by atoms with Gasteiger partial charge in [0.1, 0.15) is 6.54 Å². The maximum atomic E-state index is 12.7. The molecule has 4 rings (SSSR count). The van der Waals surface area contributed by atoms with Gasteiger partial charge in [-0.25, -0.2) is 4.79 Å². The van der Waals surface area contributed by atoms with E-state index in [4.69, 9.17) is 0 Å². The predicted octanol–water partition coefficient (Wildman–Crippen LogP) is 1.57. The highest BCUT2D eigenvalue weighted by Crippen LogP contribution is 2.27. The number of hydrogen-bond acceptors (Lipinski definition) is 3. The molecule has 0 spiro atoms. The van der Waals surface area contributed by atoms with E-state index in [1.54, 1.807) is 9.13 Å². The van der Waals surface area contributed by atoms with E-state index in [2.05, 4.69) is 10.2 Å². The number of nitrogens with one attached hydrogen (secondary N) is 1. The Morgan fingerprint density at radius 3 is 2.64 bits per heavy atom. The molecule has 6 nitrogen and oxygen atoms in total. The van der Waals surface area contributed by atoms with Crippen LogP contribution in [0.2, 0.25) is 0 Å². The lowest BCUT2D eigenvalue weighted by molar-refractivity contribution is -0.122. The Bertz CT molecular complexity index is 838. The molecule has 134 valence electrons. The molecule has 0 bridgehead atoms. The molecule has 25 heavy (non-hydrogen) atoms. The van der Waals surface area contributed by atoms with Crippen LogP contribution in [0.3, 0.4) is 0 Å². The van der Waals surface area contributed by atoms with Crippen LogP contribution < -0.4 is 11.0 Å². The molecule has 0 saturated carbocycles. The van der Waals surface area contributed by atoms with Gasteiger partial charge in [0.05, 0.1) is 11.0 Å². The number of aryl methyl sites for hydroxylation is 1. The fourth-order valence-electron chi connectivity index (χ4n) is 4.54. The third-order valence-corrected chi connectivity index (χ3v) is 5.75. The number of carbonyl (C=O) groups excluding carboxylic acids is 1. The Balaban J connectivity index is 1.53. The summed E-state index contributed by atoms with van der Waals surface area (Å²) in [5, 5.41) is 3.20. The minimum absolute atomic E-state index is 0.0569. The standard InChI is InChI=1S/C19H26N4O2/c1-2-22-16-8-3-4-9-17(16)23(19(22)25)13-18(24)20-14-10-12-21-11-6-5-7-15(14)21/h3-4,8-9,14-15H,2,5-7,10-13H2,1H3,(H,20,24)/t14-,15-/m0/s1. The van der Waals surface area contributed by atoms with Crippen LogP contribution in [0, 0.1) is 0 Å². The van der Waals surface area contributed by atoms with Crippen LogP contribution in [0.25, 0.3) is 11.0 Å². The topological polar surface area (TPSA) is 59.3 Å². The van der Waals surface area contributed by atoms with E-state index in [1.807, 2.05) is 31.2 Å². The van der Waals surface area contributed by atoms with E-state index in [1.165, 1.54) is 19.3 Å². The molecule has 2 aliphatic rings. The van der Waals surface area contributed by atoms with Crippen molar-refractivity contribution in [2.75, 3.05) is 13.1 Å². The van der Waals surface area contributed by atoms with Crippen molar-refractivity contribution in [2.24, 2.45) is 0 Å². The van der Waals surface area contributed by atoms with Crippen LogP contribution in [0.5, 0.6) is 0 Å². The molecule has 6 heteroatoms. The molecular weight excluding hydrogens is 316 g/mol. The Morgan fingerprint density at radius 2 is 1.88 bits per heavy atom. The minimum Gasteiger partial charge on any atom is -0.350 e. The molecule has 1 amide bonds. The Kier molecular flexibility index (Phi) is 4.37. The summed E-state index contributed by atoms with van der Waals surface area (Å²) in [7, 11) is 0. The van der Waals surface area contributed by atoms with Gasteiger partial charge in [0.25, 0.3) is 0 Å². The Hall–Kier alpha value is -2.08. The van der Waals surface area contributed by atoms with Crippen LogP contribution >= 0.6 is 0 Å². The zero-order valence-electron chi connectivity index (χ0n) is 14.8. The quantitative estimate of drug-likeness (QED) is 0.917. The number of aromatic nitrogens is 2. The van der Waals surface area contributed by atoms with Gasteiger partial charge in [0, 0.05) is 25.2 Å². The summed E-state index contributed by atoms with van der Waals surface area (Å²) in [6.07, 6.45) is 4.70. The highest BCUT2D eigenvalue weighted by molar-refractivity contribution is 5.81. The van der Waals surface area contributed by atoms with Gasteiger partial charge in [-0.3, -0.25) is 18.8 Å². The molecule has 1 aromatic carbocycles. The first-order valence-electron chi connectivity index (χ1n) is 9.40. The van der Waals surface area contributed by atoms with Gasteiger partial charge in [0.15, 0.2) is 0 Å². The molecular formula is C19H26N4O2. The van der Waals surface area contributed by atoms with Gasteiger partial charge in [-0.1, -0.05) is 18.6 Å². The molecule has 2 aliphatic heterocycles. The smallest absolute Gasteiger partial charge is 0.329 e. The van der Waals surface area contributed by atoms with E-state index in [9.17, 15) is 9.59 Å². The fourth-order valence-corrected chi connectivity index (χ4v) is 4.54. The van der Waals surface area contributed by atoms with Crippen molar-refractivity contribution in [3.8, 4) is 0 Å². The van der Waals surface area contributed by atoms with E-state index in [0.717, 1.165) is 30.5 Å². The maximum Gasteiger partial charge on any atom is 0.329 e. The summed E-state index contributed by atoms with van der Waals surface area (Å²) in [6.45, 7) is 4.88. The maximum absolute atomic E-state index is 12.7. The van der Waals surface area contributed by atoms with Crippen molar-refractivity contribution >= 4 is 16.9 Å². The average molecular weight is 342 g/mol. The number of rotatable bonds is 4. The highest BCUT2D eigenvalue weighted by atomic mass is 16.2. The summed E-state index contributed by atoms with van der Waals surface area (Å²) in [5.41, 5.74) is 1.61. The van der Waals surface area contributed by atoms with E-state index in [0.29, 0.717) is 12.6 Å². The highest BCUT2D eigenvalue weighted by Gasteiger charge is 2.36. The van der Waals surface area contributed by atoms with E-state index >= 15 is 0 Å². The first-order valence-corrected chi connectivity index (χ1v) is 9.40. The minimum atomic E-state index is -0.107. The van der Waals surface area contributed by atoms with Crippen molar-refractivity contribution in [3.63, 3.8) is 0 Å². The number of nitrogens with zero attached hydrogens (tertiary/aromatic N) is 3. The number of fused-ring (bicyclic) bond motifs is 2. The number of hydrogen-bond donors (Lipinski definition) is 1. The first-order chi connectivity index (χ1) is 12.2. The largest absolute Gasteiger partial charge is 0.350 e. The second-order valence-corrected chi connectivity index (χ2v) is 7.16. The van der Waals surface area contributed by atoms with Gasteiger partial charge in [0.2, 0.25) is 5.91 Å². The molecule has 2 fully saturated rings. The Labute approximate surface area is 147 Å². The number of benzene rings is 1. The monoisotopic (exact) mass is 342 g/mol. The zero-order valence-corrected chi connectivity index (χ0v) is 14.8. The van der Waals surface area contributed by atoms with Gasteiger partial charge in [-0.05, 0) is 44.9 Å². The summed E-state index contributed by atoms with van der Waals surface area (Å²) in [4.78, 5) is 27.8. The second-order valence-electron chi connectivity index (χ2n) is 7.16. The van der Waals surface area contributed by atoms with Crippen LogP contribution in [0.1, 0.15) is 32.6 Å². The number of piperidine rings is 1. The summed E-state index contributed by atoms with van der Waals surface area (Å²) >= 11 is 0. The van der Waals surface area contributed by atoms with Crippen LogP contribution in [0.4, 0.5) is 0 Å². The molecule has 0 aliphatic carbocycles. The number of para-hydroxylation sites is 2. The van der Waals surface area contributed by atoms with Gasteiger partial charge >= 0.3 is 5.69 Å². The zero-order chi connectivity index (χ0) is 17.4. The normalized spacial score (nSPS) is 23.7. The predicted molar refractivity (Wildman–Crippen MR) is 97.6 cm³/mol. The lowest BCUT2D eigenvalue weighted by Crippen LogP contribution is -2.48. The average Bonchev–Trinajstić information content (AvgIpc) is 3.15. The van der Waals surface area contributed by atoms with E-state index < -0.39 is 0 Å². The number of carbonyl (C=O) groups is 1.